The maximum absolute atomic E-state index is 12.6. The molecule has 1 aromatic heterocycles. The van der Waals surface area contributed by atoms with Gasteiger partial charge >= 0.3 is 0 Å². The van der Waals surface area contributed by atoms with Crippen LogP contribution in [0.1, 0.15) is 15.9 Å². The van der Waals surface area contributed by atoms with E-state index in [0.29, 0.717) is 36.8 Å². The first-order chi connectivity index (χ1) is 10.8. The number of carbonyl (C=O) groups is 1. The average molecular weight is 298 g/mol. The van der Waals surface area contributed by atoms with Crippen LogP contribution in [0.5, 0.6) is 11.5 Å². The van der Waals surface area contributed by atoms with Crippen LogP contribution in [0.15, 0.2) is 42.7 Å². The Morgan fingerprint density at radius 1 is 1.18 bits per heavy atom. The Hall–Kier alpha value is -2.56. The highest BCUT2D eigenvalue weighted by atomic mass is 16.6. The first kappa shape index (κ1) is 14.4. The largest absolute Gasteiger partial charge is 0.486 e. The molecule has 2 heterocycles. The quantitative estimate of drug-likeness (QED) is 0.868. The number of rotatable bonds is 4. The van der Waals surface area contributed by atoms with Gasteiger partial charge in [-0.25, -0.2) is 0 Å². The highest BCUT2D eigenvalue weighted by Crippen LogP contribution is 2.34. The Morgan fingerprint density at radius 2 is 1.95 bits per heavy atom. The second-order valence-electron chi connectivity index (χ2n) is 5.16. The van der Waals surface area contributed by atoms with Gasteiger partial charge in [0, 0.05) is 26.0 Å². The number of amides is 1. The van der Waals surface area contributed by atoms with Crippen LogP contribution in [-0.2, 0) is 6.42 Å². The van der Waals surface area contributed by atoms with Crippen molar-refractivity contribution < 1.29 is 14.3 Å². The number of fused-ring (bicyclic) bond motifs is 1. The number of para-hydroxylation sites is 1. The van der Waals surface area contributed by atoms with E-state index in [-0.39, 0.29) is 5.91 Å². The van der Waals surface area contributed by atoms with Crippen molar-refractivity contribution in [1.82, 2.24) is 9.88 Å². The van der Waals surface area contributed by atoms with Crippen molar-refractivity contribution in [2.45, 2.75) is 6.42 Å². The summed E-state index contributed by atoms with van der Waals surface area (Å²) in [5.74, 6) is 1.13. The second kappa shape index (κ2) is 6.47. The van der Waals surface area contributed by atoms with Crippen molar-refractivity contribution in [2.75, 3.05) is 26.8 Å². The lowest BCUT2D eigenvalue weighted by molar-refractivity contribution is 0.0786. The number of benzene rings is 1. The minimum absolute atomic E-state index is 0.0589. The third-order valence-electron chi connectivity index (χ3n) is 3.63. The molecule has 5 heteroatoms. The molecule has 2 aromatic rings. The molecule has 22 heavy (non-hydrogen) atoms. The number of ether oxygens (including phenoxy) is 2. The second-order valence-corrected chi connectivity index (χ2v) is 5.16. The fourth-order valence-corrected chi connectivity index (χ4v) is 2.40. The van der Waals surface area contributed by atoms with E-state index in [4.69, 9.17) is 9.47 Å². The zero-order valence-corrected chi connectivity index (χ0v) is 12.5. The van der Waals surface area contributed by atoms with Crippen LogP contribution in [0, 0.1) is 0 Å². The van der Waals surface area contributed by atoms with Crippen LogP contribution in [-0.4, -0.2) is 42.6 Å². The van der Waals surface area contributed by atoms with Gasteiger partial charge in [0.1, 0.15) is 13.2 Å². The van der Waals surface area contributed by atoms with E-state index in [1.807, 2.05) is 24.3 Å². The number of hydrogen-bond acceptors (Lipinski definition) is 4. The normalized spacial score (nSPS) is 12.8. The van der Waals surface area contributed by atoms with E-state index in [1.165, 1.54) is 0 Å². The number of hydrogen-bond donors (Lipinski definition) is 0. The van der Waals surface area contributed by atoms with Crippen molar-refractivity contribution >= 4 is 5.91 Å². The Bertz CT molecular complexity index is 658. The third-order valence-corrected chi connectivity index (χ3v) is 3.63. The Labute approximate surface area is 129 Å². The fraction of sp³-hybridized carbons (Fsp3) is 0.294. The number of aromatic nitrogens is 1. The lowest BCUT2D eigenvalue weighted by atomic mass is 10.1. The molecule has 0 aliphatic carbocycles. The van der Waals surface area contributed by atoms with Crippen molar-refractivity contribution in [3.63, 3.8) is 0 Å². The van der Waals surface area contributed by atoms with E-state index in [9.17, 15) is 4.79 Å². The first-order valence-electron chi connectivity index (χ1n) is 7.28. The number of nitrogens with zero attached hydrogens (tertiary/aromatic N) is 2. The zero-order valence-electron chi connectivity index (χ0n) is 12.5. The molecule has 0 saturated carbocycles. The van der Waals surface area contributed by atoms with Crippen LogP contribution < -0.4 is 9.47 Å². The standard InChI is InChI=1S/C17H18N2O3/c1-19(10-7-13-5-8-18-9-6-13)17(20)14-3-2-4-15-16(14)22-12-11-21-15/h2-6,8-9H,7,10-12H2,1H3. The van der Waals surface area contributed by atoms with Gasteiger partial charge in [0.25, 0.3) is 5.91 Å². The third kappa shape index (κ3) is 3.03. The maximum Gasteiger partial charge on any atom is 0.257 e. The highest BCUT2D eigenvalue weighted by Gasteiger charge is 2.22. The van der Waals surface area contributed by atoms with Gasteiger partial charge < -0.3 is 14.4 Å². The summed E-state index contributed by atoms with van der Waals surface area (Å²) in [5.41, 5.74) is 1.71. The molecule has 0 fully saturated rings. The SMILES string of the molecule is CN(CCc1ccncc1)C(=O)c1cccc2c1OCCO2. The first-order valence-corrected chi connectivity index (χ1v) is 7.28. The predicted molar refractivity (Wildman–Crippen MR) is 82.3 cm³/mol. The minimum atomic E-state index is -0.0589. The summed E-state index contributed by atoms with van der Waals surface area (Å²) in [7, 11) is 1.80. The van der Waals surface area contributed by atoms with Crippen molar-refractivity contribution in [3.8, 4) is 11.5 Å². The summed E-state index contributed by atoms with van der Waals surface area (Å²) in [6, 6.07) is 9.33. The summed E-state index contributed by atoms with van der Waals surface area (Å²) in [6.07, 6.45) is 4.31. The van der Waals surface area contributed by atoms with Gasteiger partial charge in [0.2, 0.25) is 0 Å². The Balaban J connectivity index is 1.71. The zero-order chi connectivity index (χ0) is 15.4. The molecule has 0 spiro atoms. The van der Waals surface area contributed by atoms with Crippen molar-refractivity contribution in [3.05, 3.63) is 53.9 Å². The highest BCUT2D eigenvalue weighted by molar-refractivity contribution is 5.97. The van der Waals surface area contributed by atoms with Gasteiger partial charge in [-0.2, -0.15) is 0 Å². The van der Waals surface area contributed by atoms with Crippen LogP contribution in [0.4, 0.5) is 0 Å². The van der Waals surface area contributed by atoms with Crippen LogP contribution in [0.2, 0.25) is 0 Å². The van der Waals surface area contributed by atoms with E-state index < -0.39 is 0 Å². The Morgan fingerprint density at radius 3 is 2.77 bits per heavy atom. The molecule has 0 bridgehead atoms. The average Bonchev–Trinajstić information content (AvgIpc) is 2.59. The lowest BCUT2D eigenvalue weighted by Gasteiger charge is -2.23. The molecule has 5 nitrogen and oxygen atoms in total. The van der Waals surface area contributed by atoms with Gasteiger partial charge in [-0.05, 0) is 36.2 Å². The van der Waals surface area contributed by atoms with Gasteiger partial charge in [0.15, 0.2) is 11.5 Å². The molecular weight excluding hydrogens is 280 g/mol. The molecule has 0 radical (unpaired) electrons. The van der Waals surface area contributed by atoms with E-state index in [0.717, 1.165) is 12.0 Å². The molecule has 0 atom stereocenters. The van der Waals surface area contributed by atoms with Crippen molar-refractivity contribution in [1.29, 1.82) is 0 Å². The van der Waals surface area contributed by atoms with Crippen molar-refractivity contribution in [2.24, 2.45) is 0 Å². The van der Waals surface area contributed by atoms with E-state index in [1.54, 1.807) is 30.4 Å². The smallest absolute Gasteiger partial charge is 0.257 e. The lowest BCUT2D eigenvalue weighted by Crippen LogP contribution is -2.30. The Kier molecular flexibility index (Phi) is 4.23. The molecule has 1 amide bonds. The molecule has 0 N–H and O–H groups in total. The summed E-state index contributed by atoms with van der Waals surface area (Å²) in [4.78, 5) is 18.3. The van der Waals surface area contributed by atoms with Crippen LogP contribution in [0.3, 0.4) is 0 Å². The van der Waals surface area contributed by atoms with Gasteiger partial charge in [-0.3, -0.25) is 9.78 Å². The van der Waals surface area contributed by atoms with Gasteiger partial charge in [0.05, 0.1) is 5.56 Å². The molecule has 114 valence electrons. The maximum atomic E-state index is 12.6. The number of pyridine rings is 1. The summed E-state index contributed by atoms with van der Waals surface area (Å²) in [5, 5.41) is 0. The molecule has 1 aromatic carbocycles. The fourth-order valence-electron chi connectivity index (χ4n) is 2.40. The van der Waals surface area contributed by atoms with Gasteiger partial charge in [-0.1, -0.05) is 6.07 Å². The summed E-state index contributed by atoms with van der Waals surface area (Å²) in [6.45, 7) is 1.62. The number of likely N-dealkylation sites (N-methyl/N-ethyl adjacent to an activating group) is 1. The molecule has 0 saturated heterocycles. The molecule has 3 rings (SSSR count). The topological polar surface area (TPSA) is 51.7 Å². The van der Waals surface area contributed by atoms with Crippen LogP contribution >= 0.6 is 0 Å². The molecule has 0 unspecified atom stereocenters. The summed E-state index contributed by atoms with van der Waals surface area (Å²) < 4.78 is 11.1. The monoisotopic (exact) mass is 298 g/mol. The van der Waals surface area contributed by atoms with Crippen LogP contribution in [0.25, 0.3) is 0 Å². The predicted octanol–water partition coefficient (Wildman–Crippen LogP) is 2.17. The molecular formula is C17H18N2O3. The summed E-state index contributed by atoms with van der Waals surface area (Å²) >= 11 is 0. The molecule has 1 aliphatic heterocycles. The molecule has 1 aliphatic rings. The van der Waals surface area contributed by atoms with E-state index >= 15 is 0 Å². The van der Waals surface area contributed by atoms with Gasteiger partial charge in [-0.15, -0.1) is 0 Å². The number of carbonyl (C=O) groups excluding carboxylic acids is 1. The van der Waals surface area contributed by atoms with E-state index in [2.05, 4.69) is 4.98 Å². The minimum Gasteiger partial charge on any atom is -0.486 e.